The average Bonchev–Trinajstić information content (AvgIpc) is 3.23. The van der Waals surface area contributed by atoms with Crippen molar-refractivity contribution in [1.29, 1.82) is 0 Å². The van der Waals surface area contributed by atoms with Crippen LogP contribution in [0.2, 0.25) is 0 Å². The third kappa shape index (κ3) is 4.44. The minimum absolute atomic E-state index is 0.0825. The lowest BCUT2D eigenvalue weighted by Crippen LogP contribution is -2.35. The molecule has 2 aliphatic rings. The van der Waals surface area contributed by atoms with Crippen molar-refractivity contribution in [2.24, 2.45) is 17.8 Å². The first-order valence-electron chi connectivity index (χ1n) is 10.5. The molecule has 0 spiro atoms. The third-order valence-electron chi connectivity index (χ3n) is 6.33. The molecular weight excluding hydrogens is 393 g/mol. The van der Waals surface area contributed by atoms with Crippen molar-refractivity contribution < 1.29 is 18.3 Å². The van der Waals surface area contributed by atoms with Crippen LogP contribution in [0.4, 0.5) is 19.0 Å². The molecule has 0 amide bonds. The van der Waals surface area contributed by atoms with E-state index in [9.17, 15) is 18.3 Å². The summed E-state index contributed by atoms with van der Waals surface area (Å²) in [5.74, 6) is -1.23. The van der Waals surface area contributed by atoms with Gasteiger partial charge in [-0.25, -0.2) is 13.2 Å². The van der Waals surface area contributed by atoms with E-state index in [0.29, 0.717) is 23.7 Å². The summed E-state index contributed by atoms with van der Waals surface area (Å²) in [4.78, 5) is 2.36. The summed E-state index contributed by atoms with van der Waals surface area (Å²) in [6.07, 6.45) is 1.75. The summed E-state index contributed by atoms with van der Waals surface area (Å²) in [6, 6.07) is 4.86. The number of aliphatic hydroxyl groups is 1. The van der Waals surface area contributed by atoms with Gasteiger partial charge in [0.2, 0.25) is 0 Å². The number of likely N-dealkylation sites (tertiary alicyclic amines) is 1. The Morgan fingerprint density at radius 2 is 1.80 bits per heavy atom. The number of β-amino-alcohol motifs (C(OH)–C–C–N with tert-alkyl or cyclic N) is 1. The van der Waals surface area contributed by atoms with Crippen molar-refractivity contribution in [3.05, 3.63) is 41.7 Å². The second kappa shape index (κ2) is 8.51. The summed E-state index contributed by atoms with van der Waals surface area (Å²) in [5, 5.41) is 21.5. The highest BCUT2D eigenvalue weighted by Crippen LogP contribution is 2.39. The van der Waals surface area contributed by atoms with Gasteiger partial charge in [-0.1, -0.05) is 13.8 Å². The third-order valence-corrected chi connectivity index (χ3v) is 6.33. The molecule has 2 N–H and O–H groups in total. The summed E-state index contributed by atoms with van der Waals surface area (Å²) < 4.78 is 40.8. The van der Waals surface area contributed by atoms with Gasteiger partial charge in [-0.15, -0.1) is 10.2 Å². The lowest BCUT2D eigenvalue weighted by atomic mass is 10.0. The number of fused-ring (bicyclic) bond motifs is 1. The maximum atomic E-state index is 13.9. The summed E-state index contributed by atoms with van der Waals surface area (Å²) in [7, 11) is 0. The fourth-order valence-electron chi connectivity index (χ4n) is 4.64. The Kier molecular flexibility index (Phi) is 5.97. The van der Waals surface area contributed by atoms with Gasteiger partial charge in [0, 0.05) is 37.3 Å². The molecule has 8 heteroatoms. The molecule has 30 heavy (non-hydrogen) atoms. The second-order valence-corrected chi connectivity index (χ2v) is 8.92. The smallest absolute Gasteiger partial charge is 0.168 e. The van der Waals surface area contributed by atoms with E-state index < -0.39 is 17.5 Å². The van der Waals surface area contributed by atoms with Crippen molar-refractivity contribution >= 4 is 5.82 Å². The zero-order chi connectivity index (χ0) is 21.4. The molecular formula is C22H27F3N4O. The van der Waals surface area contributed by atoms with Crippen LogP contribution >= 0.6 is 0 Å². The molecule has 1 aromatic heterocycles. The number of nitrogens with zero attached hydrogens (tertiary/aromatic N) is 3. The van der Waals surface area contributed by atoms with E-state index in [1.807, 2.05) is 13.8 Å². The summed E-state index contributed by atoms with van der Waals surface area (Å²) in [5.41, 5.74) is -0.162. The standard InChI is InChI=1S/C22H27F3N4O/c1-12(2)20(30)11-29-9-13-5-16(6-14(13)10-29)26-21-4-3-19(27-28-21)17-7-15(23)8-18(24)22(17)25/h3-4,7-8,12-14,16,20,30H,5-6,9-11H2,1-2H3,(H,26,28)/t13-,14+,16?,20?. The van der Waals surface area contributed by atoms with Crippen molar-refractivity contribution in [3.63, 3.8) is 0 Å². The van der Waals surface area contributed by atoms with E-state index in [0.717, 1.165) is 38.5 Å². The molecule has 5 nitrogen and oxygen atoms in total. The van der Waals surface area contributed by atoms with Gasteiger partial charge in [0.25, 0.3) is 0 Å². The lowest BCUT2D eigenvalue weighted by molar-refractivity contribution is 0.0824. The number of anilines is 1. The van der Waals surface area contributed by atoms with Crippen LogP contribution in [-0.4, -0.2) is 52.0 Å². The first kappa shape index (κ1) is 21.1. The van der Waals surface area contributed by atoms with Crippen molar-refractivity contribution in [2.45, 2.75) is 38.8 Å². The van der Waals surface area contributed by atoms with Crippen LogP contribution in [0.5, 0.6) is 0 Å². The van der Waals surface area contributed by atoms with Gasteiger partial charge in [0.15, 0.2) is 11.6 Å². The predicted molar refractivity (Wildman–Crippen MR) is 108 cm³/mol. The second-order valence-electron chi connectivity index (χ2n) is 8.92. The number of benzene rings is 1. The van der Waals surface area contributed by atoms with E-state index in [4.69, 9.17) is 0 Å². The van der Waals surface area contributed by atoms with Gasteiger partial charge in [-0.2, -0.15) is 0 Å². The van der Waals surface area contributed by atoms with E-state index in [2.05, 4.69) is 20.4 Å². The topological polar surface area (TPSA) is 61.3 Å². The molecule has 1 aromatic carbocycles. The molecule has 4 rings (SSSR count). The van der Waals surface area contributed by atoms with E-state index >= 15 is 0 Å². The molecule has 2 fully saturated rings. The van der Waals surface area contributed by atoms with Gasteiger partial charge < -0.3 is 15.3 Å². The SMILES string of the molecule is CC(C)C(O)CN1C[C@H]2CC(Nc3ccc(-c4cc(F)cc(F)c4F)nn3)C[C@H]2C1. The van der Waals surface area contributed by atoms with Crippen molar-refractivity contribution in [2.75, 3.05) is 25.0 Å². The Hall–Kier alpha value is -2.19. The largest absolute Gasteiger partial charge is 0.392 e. The van der Waals surface area contributed by atoms with Gasteiger partial charge >= 0.3 is 0 Å². The van der Waals surface area contributed by atoms with E-state index in [1.54, 1.807) is 6.07 Å². The van der Waals surface area contributed by atoms with Crippen LogP contribution in [0, 0.1) is 35.2 Å². The fraction of sp³-hybridized carbons (Fsp3) is 0.545. The fourth-order valence-corrected chi connectivity index (χ4v) is 4.64. The molecule has 1 saturated heterocycles. The number of aliphatic hydroxyl groups excluding tert-OH is 1. The molecule has 1 aliphatic carbocycles. The zero-order valence-electron chi connectivity index (χ0n) is 17.2. The predicted octanol–water partition coefficient (Wildman–Crippen LogP) is 3.70. The maximum Gasteiger partial charge on any atom is 0.168 e. The first-order valence-corrected chi connectivity index (χ1v) is 10.5. The Labute approximate surface area is 174 Å². The molecule has 2 aromatic rings. The average molecular weight is 420 g/mol. The van der Waals surface area contributed by atoms with Gasteiger partial charge in [0.1, 0.15) is 11.6 Å². The number of hydrogen-bond acceptors (Lipinski definition) is 5. The van der Waals surface area contributed by atoms with Crippen molar-refractivity contribution in [3.8, 4) is 11.3 Å². The molecule has 2 heterocycles. The molecule has 4 atom stereocenters. The number of hydrogen-bond donors (Lipinski definition) is 2. The van der Waals surface area contributed by atoms with E-state index in [-0.39, 0.29) is 29.3 Å². The first-order chi connectivity index (χ1) is 14.3. The zero-order valence-corrected chi connectivity index (χ0v) is 17.2. The van der Waals surface area contributed by atoms with Crippen molar-refractivity contribution in [1.82, 2.24) is 15.1 Å². The Morgan fingerprint density at radius 3 is 2.40 bits per heavy atom. The van der Waals surface area contributed by atoms with Gasteiger partial charge in [-0.05, 0) is 48.8 Å². The minimum atomic E-state index is -1.25. The highest BCUT2D eigenvalue weighted by Gasteiger charge is 2.41. The van der Waals surface area contributed by atoms with Gasteiger partial charge in [0.05, 0.1) is 11.8 Å². The Morgan fingerprint density at radius 1 is 1.10 bits per heavy atom. The van der Waals surface area contributed by atoms with Crippen LogP contribution in [-0.2, 0) is 0 Å². The Bertz CT molecular complexity index is 879. The van der Waals surface area contributed by atoms with E-state index in [1.165, 1.54) is 6.07 Å². The molecule has 0 bridgehead atoms. The van der Waals surface area contributed by atoms with Crippen LogP contribution in [0.25, 0.3) is 11.3 Å². The van der Waals surface area contributed by atoms with Crippen LogP contribution < -0.4 is 5.32 Å². The summed E-state index contributed by atoms with van der Waals surface area (Å²) >= 11 is 0. The number of rotatable bonds is 6. The lowest BCUT2D eigenvalue weighted by Gasteiger charge is -2.24. The van der Waals surface area contributed by atoms with Crippen LogP contribution in [0.1, 0.15) is 26.7 Å². The highest BCUT2D eigenvalue weighted by molar-refractivity contribution is 5.60. The number of halogens is 3. The highest BCUT2D eigenvalue weighted by atomic mass is 19.2. The molecule has 0 radical (unpaired) electrons. The number of nitrogens with one attached hydrogen (secondary N) is 1. The number of aromatic nitrogens is 2. The monoisotopic (exact) mass is 420 g/mol. The minimum Gasteiger partial charge on any atom is -0.392 e. The molecule has 2 unspecified atom stereocenters. The normalized spacial score (nSPS) is 25.0. The molecule has 1 aliphatic heterocycles. The van der Waals surface area contributed by atoms with Crippen LogP contribution in [0.3, 0.4) is 0 Å². The molecule has 162 valence electrons. The summed E-state index contributed by atoms with van der Waals surface area (Å²) in [6.45, 7) is 6.80. The maximum absolute atomic E-state index is 13.9. The molecule has 1 saturated carbocycles. The van der Waals surface area contributed by atoms with Gasteiger partial charge in [-0.3, -0.25) is 0 Å². The van der Waals surface area contributed by atoms with Crippen LogP contribution in [0.15, 0.2) is 24.3 Å². The quantitative estimate of drug-likeness (QED) is 0.698. The Balaban J connectivity index is 1.34.